The van der Waals surface area contributed by atoms with Gasteiger partial charge in [-0.25, -0.2) is 13.8 Å². The number of halogens is 2. The molecule has 0 saturated carbocycles. The zero-order chi connectivity index (χ0) is 16.7. The van der Waals surface area contributed by atoms with E-state index >= 15 is 0 Å². The van der Waals surface area contributed by atoms with Crippen LogP contribution in [0, 0.1) is 11.6 Å². The Morgan fingerprint density at radius 1 is 1.04 bits per heavy atom. The second kappa shape index (κ2) is 5.65. The maximum Gasteiger partial charge on any atom is 0.260 e. The highest BCUT2D eigenvalue weighted by Gasteiger charge is 2.15. The van der Waals surface area contributed by atoms with Crippen molar-refractivity contribution in [3.63, 3.8) is 0 Å². The molecular weight excluding hydrogens is 330 g/mol. The summed E-state index contributed by atoms with van der Waals surface area (Å²) in [4.78, 5) is 16.6. The fraction of sp³-hybridized carbons (Fsp3) is 0. The summed E-state index contributed by atoms with van der Waals surface area (Å²) in [5.41, 5.74) is 0.563. The lowest BCUT2D eigenvalue weighted by atomic mass is 10.1. The summed E-state index contributed by atoms with van der Waals surface area (Å²) < 4.78 is 27.6. The summed E-state index contributed by atoms with van der Waals surface area (Å²) in [7, 11) is 0. The Morgan fingerprint density at radius 2 is 1.88 bits per heavy atom. The van der Waals surface area contributed by atoms with Gasteiger partial charge in [-0.1, -0.05) is 41.7 Å². The van der Waals surface area contributed by atoms with Crippen molar-refractivity contribution >= 4 is 43.4 Å². The van der Waals surface area contributed by atoms with Crippen molar-refractivity contribution < 1.29 is 13.6 Å². The molecule has 0 saturated heterocycles. The number of thiazole rings is 1. The minimum atomic E-state index is -0.904. The van der Waals surface area contributed by atoms with Crippen molar-refractivity contribution in [1.29, 1.82) is 0 Å². The summed E-state index contributed by atoms with van der Waals surface area (Å²) in [6, 6.07) is 14.6. The van der Waals surface area contributed by atoms with Gasteiger partial charge in [0, 0.05) is 11.5 Å². The molecule has 1 N–H and O–H groups in total. The quantitative estimate of drug-likeness (QED) is 0.559. The number of hydrogen-bond acceptors (Lipinski definition) is 3. The Bertz CT molecular complexity index is 1090. The Kier molecular flexibility index (Phi) is 3.46. The maximum atomic E-state index is 13.7. The van der Waals surface area contributed by atoms with Crippen LogP contribution in [0.3, 0.4) is 0 Å². The summed E-state index contributed by atoms with van der Waals surface area (Å²) in [6.45, 7) is 0. The van der Waals surface area contributed by atoms with E-state index in [9.17, 15) is 13.6 Å². The first kappa shape index (κ1) is 14.7. The highest BCUT2D eigenvalue weighted by Crippen LogP contribution is 2.31. The highest BCUT2D eigenvalue weighted by atomic mass is 32.1. The molecule has 0 fully saturated rings. The third-order valence-electron chi connectivity index (χ3n) is 3.68. The Balaban J connectivity index is 1.72. The molecule has 0 spiro atoms. The smallest absolute Gasteiger partial charge is 0.260 e. The maximum absolute atomic E-state index is 13.7. The molecule has 0 aliphatic rings. The Hall–Kier alpha value is -2.86. The van der Waals surface area contributed by atoms with Crippen molar-refractivity contribution in [2.75, 3.05) is 5.32 Å². The van der Waals surface area contributed by atoms with E-state index in [4.69, 9.17) is 0 Å². The molecule has 4 rings (SSSR count). The summed E-state index contributed by atoms with van der Waals surface area (Å²) >= 11 is 1.30. The van der Waals surface area contributed by atoms with Crippen LogP contribution in [0.25, 0.3) is 21.0 Å². The number of carbonyl (C=O) groups is 1. The summed E-state index contributed by atoms with van der Waals surface area (Å²) in [5, 5.41) is 4.99. The van der Waals surface area contributed by atoms with Crippen LogP contribution in [-0.2, 0) is 0 Å². The summed E-state index contributed by atoms with van der Waals surface area (Å²) in [5.74, 6) is -2.29. The molecule has 118 valence electrons. The normalized spacial score (nSPS) is 11.1. The van der Waals surface area contributed by atoms with E-state index in [-0.39, 0.29) is 5.56 Å². The second-order valence-electron chi connectivity index (χ2n) is 5.23. The van der Waals surface area contributed by atoms with E-state index < -0.39 is 17.5 Å². The van der Waals surface area contributed by atoms with Crippen molar-refractivity contribution in [2.24, 2.45) is 0 Å². The number of aromatic nitrogens is 1. The van der Waals surface area contributed by atoms with Gasteiger partial charge < -0.3 is 0 Å². The molecule has 4 aromatic rings. The number of fused-ring (bicyclic) bond motifs is 3. The first-order chi connectivity index (χ1) is 11.6. The van der Waals surface area contributed by atoms with Crippen molar-refractivity contribution in [3.8, 4) is 0 Å². The first-order valence-corrected chi connectivity index (χ1v) is 7.98. The van der Waals surface area contributed by atoms with E-state index in [1.54, 1.807) is 0 Å². The van der Waals surface area contributed by atoms with Crippen LogP contribution < -0.4 is 5.32 Å². The third-order valence-corrected chi connectivity index (χ3v) is 4.62. The predicted molar refractivity (Wildman–Crippen MR) is 91.4 cm³/mol. The van der Waals surface area contributed by atoms with Gasteiger partial charge in [0.25, 0.3) is 5.91 Å². The molecule has 3 aromatic carbocycles. The second-order valence-corrected chi connectivity index (χ2v) is 6.26. The molecule has 0 radical (unpaired) electrons. The molecule has 0 unspecified atom stereocenters. The van der Waals surface area contributed by atoms with Crippen molar-refractivity contribution in [2.45, 2.75) is 0 Å². The zero-order valence-corrected chi connectivity index (χ0v) is 13.0. The van der Waals surface area contributed by atoms with Crippen molar-refractivity contribution in [1.82, 2.24) is 4.98 Å². The number of rotatable bonds is 2. The molecule has 1 amide bonds. The first-order valence-electron chi connectivity index (χ1n) is 7.16. The Morgan fingerprint density at radius 3 is 2.71 bits per heavy atom. The fourth-order valence-corrected chi connectivity index (χ4v) is 3.43. The van der Waals surface area contributed by atoms with E-state index in [0.717, 1.165) is 33.1 Å². The number of benzene rings is 3. The van der Waals surface area contributed by atoms with Crippen LogP contribution in [-0.4, -0.2) is 10.9 Å². The van der Waals surface area contributed by atoms with Gasteiger partial charge in [-0.05, 0) is 23.6 Å². The minimum absolute atomic E-state index is 0.222. The van der Waals surface area contributed by atoms with Gasteiger partial charge in [-0.3, -0.25) is 10.1 Å². The topological polar surface area (TPSA) is 42.0 Å². The van der Waals surface area contributed by atoms with E-state index in [1.165, 1.54) is 11.3 Å². The molecule has 24 heavy (non-hydrogen) atoms. The molecule has 3 nitrogen and oxygen atoms in total. The van der Waals surface area contributed by atoms with Crippen LogP contribution in [0.4, 0.5) is 13.9 Å². The average molecular weight is 340 g/mol. The SMILES string of the molecule is O=C(Nc1nc2c(ccc3ccccc32)s1)c1ccc(F)cc1F. The molecule has 0 aliphatic heterocycles. The highest BCUT2D eigenvalue weighted by molar-refractivity contribution is 7.22. The van der Waals surface area contributed by atoms with E-state index in [0.29, 0.717) is 11.2 Å². The number of nitrogens with zero attached hydrogens (tertiary/aromatic N) is 1. The number of nitrogens with one attached hydrogen (secondary N) is 1. The molecule has 0 bridgehead atoms. The molecule has 6 heteroatoms. The zero-order valence-electron chi connectivity index (χ0n) is 12.2. The monoisotopic (exact) mass is 340 g/mol. The number of anilines is 1. The van der Waals surface area contributed by atoms with Gasteiger partial charge in [0.1, 0.15) is 11.6 Å². The molecule has 1 heterocycles. The lowest BCUT2D eigenvalue weighted by Crippen LogP contribution is -2.13. The van der Waals surface area contributed by atoms with Crippen LogP contribution in [0.15, 0.2) is 54.6 Å². The van der Waals surface area contributed by atoms with Crippen LogP contribution in [0.2, 0.25) is 0 Å². The standard InChI is InChI=1S/C18H10F2N2OS/c19-11-6-7-13(14(20)9-11)17(23)22-18-21-16-12-4-2-1-3-10(12)5-8-15(16)24-18/h1-9H,(H,21,22,23). The Labute approximate surface area is 139 Å². The number of amides is 1. The number of carbonyl (C=O) groups excluding carboxylic acids is 1. The summed E-state index contributed by atoms with van der Waals surface area (Å²) in [6.07, 6.45) is 0. The fourth-order valence-electron chi connectivity index (χ4n) is 2.55. The largest absolute Gasteiger partial charge is 0.298 e. The lowest BCUT2D eigenvalue weighted by molar-refractivity contribution is 0.102. The number of hydrogen-bond donors (Lipinski definition) is 1. The average Bonchev–Trinajstić information content (AvgIpc) is 2.97. The van der Waals surface area contributed by atoms with E-state index in [2.05, 4.69) is 10.3 Å². The molecule has 1 aromatic heterocycles. The third kappa shape index (κ3) is 2.51. The van der Waals surface area contributed by atoms with E-state index in [1.807, 2.05) is 36.4 Å². The van der Waals surface area contributed by atoms with Crippen LogP contribution in [0.1, 0.15) is 10.4 Å². The van der Waals surface area contributed by atoms with Crippen LogP contribution >= 0.6 is 11.3 Å². The minimum Gasteiger partial charge on any atom is -0.298 e. The molecular formula is C18H10F2N2OS. The van der Waals surface area contributed by atoms with Gasteiger partial charge in [0.2, 0.25) is 0 Å². The predicted octanol–water partition coefficient (Wildman–Crippen LogP) is 4.98. The molecule has 0 atom stereocenters. The lowest BCUT2D eigenvalue weighted by Gasteiger charge is -2.02. The van der Waals surface area contributed by atoms with Gasteiger partial charge in [0.15, 0.2) is 5.13 Å². The van der Waals surface area contributed by atoms with Gasteiger partial charge in [0.05, 0.1) is 15.8 Å². The van der Waals surface area contributed by atoms with Gasteiger partial charge in [-0.15, -0.1) is 0 Å². The van der Waals surface area contributed by atoms with Gasteiger partial charge in [-0.2, -0.15) is 0 Å². The van der Waals surface area contributed by atoms with Gasteiger partial charge >= 0.3 is 0 Å². The van der Waals surface area contributed by atoms with Crippen LogP contribution in [0.5, 0.6) is 0 Å². The van der Waals surface area contributed by atoms with Crippen molar-refractivity contribution in [3.05, 3.63) is 71.8 Å². The molecule has 0 aliphatic carbocycles.